The molecule has 0 amide bonds. The summed E-state index contributed by atoms with van der Waals surface area (Å²) in [4.78, 5) is 6.73. The molecule has 15 heavy (non-hydrogen) atoms. The molecule has 3 nitrogen and oxygen atoms in total. The molecule has 0 aliphatic carbocycles. The number of aromatic nitrogens is 1. The van der Waals surface area contributed by atoms with Crippen LogP contribution in [0.5, 0.6) is 0 Å². The molecule has 1 aromatic rings. The molecule has 1 aromatic heterocycles. The molecular weight excluding hydrogens is 254 g/mol. The van der Waals surface area contributed by atoms with Gasteiger partial charge < -0.3 is 10.6 Å². The van der Waals surface area contributed by atoms with Gasteiger partial charge in [0.1, 0.15) is 5.82 Å². The van der Waals surface area contributed by atoms with Gasteiger partial charge in [0.15, 0.2) is 0 Å². The van der Waals surface area contributed by atoms with E-state index >= 15 is 0 Å². The predicted octanol–water partition coefficient (Wildman–Crippen LogP) is 2.08. The molecule has 0 atom stereocenters. The van der Waals surface area contributed by atoms with E-state index in [1.165, 1.54) is 5.56 Å². The Bertz CT molecular complexity index is 346. The number of nitrogens with two attached hydrogens (primary N) is 1. The summed E-state index contributed by atoms with van der Waals surface area (Å²) in [5, 5.41) is 0. The van der Waals surface area contributed by atoms with Crippen LogP contribution in [0.4, 0.5) is 5.82 Å². The summed E-state index contributed by atoms with van der Waals surface area (Å²) in [6, 6.07) is 2.38. The van der Waals surface area contributed by atoms with Gasteiger partial charge in [-0.15, -0.1) is 0 Å². The van der Waals surface area contributed by atoms with E-state index in [1.54, 1.807) is 0 Å². The molecule has 2 heterocycles. The van der Waals surface area contributed by atoms with E-state index in [0.29, 0.717) is 6.04 Å². The van der Waals surface area contributed by atoms with Crippen LogP contribution in [-0.4, -0.2) is 24.1 Å². The fraction of sp³-hybridized carbons (Fsp3) is 0.545. The van der Waals surface area contributed by atoms with Crippen LogP contribution in [0.2, 0.25) is 0 Å². The minimum atomic E-state index is 0.366. The highest BCUT2D eigenvalue weighted by Gasteiger charge is 2.19. The van der Waals surface area contributed by atoms with E-state index in [0.717, 1.165) is 36.2 Å². The zero-order valence-corrected chi connectivity index (χ0v) is 10.5. The highest BCUT2D eigenvalue weighted by molar-refractivity contribution is 9.10. The van der Waals surface area contributed by atoms with Gasteiger partial charge in [-0.05, 0) is 47.3 Å². The Balaban J connectivity index is 2.19. The molecule has 1 saturated heterocycles. The maximum absolute atomic E-state index is 5.88. The van der Waals surface area contributed by atoms with Crippen LogP contribution in [0.3, 0.4) is 0 Å². The zero-order chi connectivity index (χ0) is 10.8. The summed E-state index contributed by atoms with van der Waals surface area (Å²) in [5.74, 6) is 1.06. The van der Waals surface area contributed by atoms with Gasteiger partial charge in [-0.3, -0.25) is 0 Å². The Morgan fingerprint density at radius 1 is 1.47 bits per heavy atom. The van der Waals surface area contributed by atoms with E-state index in [4.69, 9.17) is 5.73 Å². The van der Waals surface area contributed by atoms with Crippen molar-refractivity contribution in [2.24, 2.45) is 5.73 Å². The molecule has 0 radical (unpaired) electrons. The lowest BCUT2D eigenvalue weighted by molar-refractivity contribution is 0.498. The number of piperidine rings is 1. The molecule has 0 bridgehead atoms. The lowest BCUT2D eigenvalue weighted by Crippen LogP contribution is -2.40. The van der Waals surface area contributed by atoms with Crippen LogP contribution in [0.1, 0.15) is 18.4 Å². The molecule has 82 valence electrons. The summed E-state index contributed by atoms with van der Waals surface area (Å²) < 4.78 is 1.11. The highest BCUT2D eigenvalue weighted by Crippen LogP contribution is 2.28. The third-order valence-corrected chi connectivity index (χ3v) is 3.88. The Kier molecular flexibility index (Phi) is 3.26. The molecule has 2 N–H and O–H groups in total. The van der Waals surface area contributed by atoms with Crippen LogP contribution in [0, 0.1) is 6.92 Å². The molecule has 0 aromatic carbocycles. The molecule has 1 aliphatic rings. The molecule has 2 rings (SSSR count). The van der Waals surface area contributed by atoms with Crippen molar-refractivity contribution in [1.29, 1.82) is 0 Å². The monoisotopic (exact) mass is 269 g/mol. The summed E-state index contributed by atoms with van der Waals surface area (Å²) >= 11 is 3.60. The van der Waals surface area contributed by atoms with Crippen LogP contribution < -0.4 is 10.6 Å². The average Bonchev–Trinajstić information content (AvgIpc) is 2.24. The quantitative estimate of drug-likeness (QED) is 0.849. The van der Waals surface area contributed by atoms with E-state index in [2.05, 4.69) is 32.7 Å². The number of anilines is 1. The first kappa shape index (κ1) is 10.9. The van der Waals surface area contributed by atoms with Crippen molar-refractivity contribution >= 4 is 21.7 Å². The molecule has 1 fully saturated rings. The van der Waals surface area contributed by atoms with Gasteiger partial charge in [0, 0.05) is 25.3 Å². The van der Waals surface area contributed by atoms with Gasteiger partial charge >= 0.3 is 0 Å². The van der Waals surface area contributed by atoms with Crippen LogP contribution in [-0.2, 0) is 0 Å². The number of nitrogens with zero attached hydrogens (tertiary/aromatic N) is 2. The standard InChI is InChI=1S/C11H16BrN3/c1-8-2-5-14-11(10(8)12)15-6-3-9(13)4-7-15/h2,5,9H,3-4,6-7,13H2,1H3. The summed E-state index contributed by atoms with van der Waals surface area (Å²) in [6.45, 7) is 4.11. The maximum Gasteiger partial charge on any atom is 0.143 e. The van der Waals surface area contributed by atoms with Crippen molar-refractivity contribution in [3.05, 3.63) is 22.3 Å². The molecule has 4 heteroatoms. The molecular formula is C11H16BrN3. The minimum Gasteiger partial charge on any atom is -0.356 e. The van der Waals surface area contributed by atoms with Crippen molar-refractivity contribution < 1.29 is 0 Å². The number of aryl methyl sites for hydroxylation is 1. The summed E-state index contributed by atoms with van der Waals surface area (Å²) in [6.07, 6.45) is 3.98. The second kappa shape index (κ2) is 4.49. The number of halogens is 1. The maximum atomic E-state index is 5.88. The first-order chi connectivity index (χ1) is 7.18. The Morgan fingerprint density at radius 2 is 2.13 bits per heavy atom. The van der Waals surface area contributed by atoms with Gasteiger partial charge in [-0.1, -0.05) is 0 Å². The number of rotatable bonds is 1. The first-order valence-electron chi connectivity index (χ1n) is 5.30. The third kappa shape index (κ3) is 2.32. The van der Waals surface area contributed by atoms with E-state index in [9.17, 15) is 0 Å². The van der Waals surface area contributed by atoms with Crippen LogP contribution in [0.15, 0.2) is 16.7 Å². The van der Waals surface area contributed by atoms with E-state index in [1.807, 2.05) is 12.3 Å². The van der Waals surface area contributed by atoms with Crippen molar-refractivity contribution in [3.8, 4) is 0 Å². The average molecular weight is 270 g/mol. The largest absolute Gasteiger partial charge is 0.356 e. The fourth-order valence-electron chi connectivity index (χ4n) is 1.86. The van der Waals surface area contributed by atoms with Gasteiger partial charge in [-0.2, -0.15) is 0 Å². The Labute approximate surface area is 98.8 Å². The number of hydrogen-bond donors (Lipinski definition) is 1. The van der Waals surface area contributed by atoms with Crippen molar-refractivity contribution in [1.82, 2.24) is 4.98 Å². The van der Waals surface area contributed by atoms with Gasteiger partial charge in [0.2, 0.25) is 0 Å². The SMILES string of the molecule is Cc1ccnc(N2CCC(N)CC2)c1Br. The van der Waals surface area contributed by atoms with Crippen molar-refractivity contribution in [2.45, 2.75) is 25.8 Å². The number of pyridine rings is 1. The molecule has 0 spiro atoms. The minimum absolute atomic E-state index is 0.366. The van der Waals surface area contributed by atoms with Gasteiger partial charge in [0.25, 0.3) is 0 Å². The second-order valence-corrected chi connectivity index (χ2v) is 4.88. The summed E-state index contributed by atoms with van der Waals surface area (Å²) in [7, 11) is 0. The summed E-state index contributed by atoms with van der Waals surface area (Å²) in [5.41, 5.74) is 7.12. The van der Waals surface area contributed by atoms with Gasteiger partial charge in [0.05, 0.1) is 4.47 Å². The highest BCUT2D eigenvalue weighted by atomic mass is 79.9. The smallest absolute Gasteiger partial charge is 0.143 e. The Morgan fingerprint density at radius 3 is 2.80 bits per heavy atom. The fourth-order valence-corrected chi connectivity index (χ4v) is 2.34. The predicted molar refractivity (Wildman–Crippen MR) is 66.1 cm³/mol. The normalized spacial score (nSPS) is 18.2. The topological polar surface area (TPSA) is 42.2 Å². The molecule has 1 aliphatic heterocycles. The zero-order valence-electron chi connectivity index (χ0n) is 8.91. The van der Waals surface area contributed by atoms with Crippen molar-refractivity contribution in [3.63, 3.8) is 0 Å². The lowest BCUT2D eigenvalue weighted by Gasteiger charge is -2.31. The lowest BCUT2D eigenvalue weighted by atomic mass is 10.1. The van der Waals surface area contributed by atoms with E-state index in [-0.39, 0.29) is 0 Å². The van der Waals surface area contributed by atoms with E-state index < -0.39 is 0 Å². The second-order valence-electron chi connectivity index (χ2n) is 4.09. The van der Waals surface area contributed by atoms with Crippen LogP contribution in [0.25, 0.3) is 0 Å². The third-order valence-electron chi connectivity index (χ3n) is 2.90. The number of hydrogen-bond acceptors (Lipinski definition) is 3. The molecule has 0 unspecified atom stereocenters. The van der Waals surface area contributed by atoms with Gasteiger partial charge in [-0.25, -0.2) is 4.98 Å². The van der Waals surface area contributed by atoms with Crippen LogP contribution >= 0.6 is 15.9 Å². The molecule has 0 saturated carbocycles. The first-order valence-corrected chi connectivity index (χ1v) is 6.09. The Hall–Kier alpha value is -0.610. The van der Waals surface area contributed by atoms with Crippen molar-refractivity contribution in [2.75, 3.05) is 18.0 Å².